The van der Waals surface area contributed by atoms with Crippen LogP contribution in [0, 0.1) is 0 Å². The van der Waals surface area contributed by atoms with Crippen LogP contribution in [-0.4, -0.2) is 50.1 Å². The van der Waals surface area contributed by atoms with Crippen molar-refractivity contribution in [3.63, 3.8) is 0 Å². The second-order valence-electron chi connectivity index (χ2n) is 5.15. The van der Waals surface area contributed by atoms with Crippen LogP contribution in [0.5, 0.6) is 0 Å². The van der Waals surface area contributed by atoms with Crippen molar-refractivity contribution in [2.45, 2.75) is 23.8 Å². The number of aromatic nitrogens is 1. The standard InChI is InChI=1S/C12H17N3O4S/c13-20(17,18)10-7-11(15(8-10)9-1-2-9)12(16)14-3-5-19-6-4-14/h7-9H,1-6H2,(H2,13,17,18). The molecule has 2 fully saturated rings. The first-order chi connectivity index (χ1) is 9.47. The predicted octanol–water partition coefficient (Wildman–Crippen LogP) is -0.0572. The zero-order valence-electron chi connectivity index (χ0n) is 11.0. The average molecular weight is 299 g/mol. The van der Waals surface area contributed by atoms with Gasteiger partial charge in [0.25, 0.3) is 5.91 Å². The van der Waals surface area contributed by atoms with Gasteiger partial charge in [-0.2, -0.15) is 0 Å². The number of amides is 1. The molecule has 0 unspecified atom stereocenters. The number of nitrogens with two attached hydrogens (primary N) is 1. The van der Waals surface area contributed by atoms with Crippen molar-refractivity contribution in [1.82, 2.24) is 9.47 Å². The Morgan fingerprint density at radius 3 is 2.50 bits per heavy atom. The van der Waals surface area contributed by atoms with Crippen molar-refractivity contribution in [3.05, 3.63) is 18.0 Å². The van der Waals surface area contributed by atoms with Gasteiger partial charge >= 0.3 is 0 Å². The molecule has 1 amide bonds. The minimum atomic E-state index is -3.79. The summed E-state index contributed by atoms with van der Waals surface area (Å²) >= 11 is 0. The lowest BCUT2D eigenvalue weighted by molar-refractivity contribution is 0.0295. The Balaban J connectivity index is 1.94. The summed E-state index contributed by atoms with van der Waals surface area (Å²) in [5.74, 6) is -0.157. The summed E-state index contributed by atoms with van der Waals surface area (Å²) < 4.78 is 29.9. The van der Waals surface area contributed by atoms with Gasteiger partial charge < -0.3 is 14.2 Å². The average Bonchev–Trinajstić information content (AvgIpc) is 3.16. The number of morpholine rings is 1. The van der Waals surface area contributed by atoms with Gasteiger partial charge in [-0.1, -0.05) is 0 Å². The van der Waals surface area contributed by atoms with Gasteiger partial charge in [0.15, 0.2) is 0 Å². The molecule has 0 spiro atoms. The van der Waals surface area contributed by atoms with Gasteiger partial charge in [-0.05, 0) is 18.9 Å². The van der Waals surface area contributed by atoms with Crippen molar-refractivity contribution in [2.24, 2.45) is 5.14 Å². The summed E-state index contributed by atoms with van der Waals surface area (Å²) in [6, 6.07) is 1.59. The molecular weight excluding hydrogens is 282 g/mol. The minimum absolute atomic E-state index is 0.000935. The first-order valence-electron chi connectivity index (χ1n) is 6.58. The van der Waals surface area contributed by atoms with Crippen LogP contribution in [-0.2, 0) is 14.8 Å². The number of ether oxygens (including phenoxy) is 1. The van der Waals surface area contributed by atoms with Crippen molar-refractivity contribution in [1.29, 1.82) is 0 Å². The summed E-state index contributed by atoms with van der Waals surface area (Å²) in [7, 11) is -3.79. The molecule has 1 saturated carbocycles. The molecular formula is C12H17N3O4S. The first-order valence-corrected chi connectivity index (χ1v) is 8.13. The van der Waals surface area contributed by atoms with Crippen LogP contribution in [0.1, 0.15) is 29.4 Å². The number of nitrogens with zero attached hydrogens (tertiary/aromatic N) is 2. The molecule has 7 nitrogen and oxygen atoms in total. The summed E-state index contributed by atoms with van der Waals surface area (Å²) in [6.45, 7) is 2.08. The van der Waals surface area contributed by atoms with E-state index in [4.69, 9.17) is 9.88 Å². The SMILES string of the molecule is NS(=O)(=O)c1cc(C(=O)N2CCOCC2)n(C2CC2)c1. The van der Waals surface area contributed by atoms with Crippen molar-refractivity contribution >= 4 is 15.9 Å². The largest absolute Gasteiger partial charge is 0.378 e. The highest BCUT2D eigenvalue weighted by atomic mass is 32.2. The zero-order valence-corrected chi connectivity index (χ0v) is 11.8. The monoisotopic (exact) mass is 299 g/mol. The maximum atomic E-state index is 12.5. The highest BCUT2D eigenvalue weighted by Gasteiger charge is 2.31. The Kier molecular flexibility index (Phi) is 3.31. The van der Waals surface area contributed by atoms with Gasteiger partial charge in [0.1, 0.15) is 10.6 Å². The Bertz CT molecular complexity index is 627. The van der Waals surface area contributed by atoms with Gasteiger partial charge in [0.2, 0.25) is 10.0 Å². The summed E-state index contributed by atoms with van der Waals surface area (Å²) in [5.41, 5.74) is 0.401. The molecule has 8 heteroatoms. The van der Waals surface area contributed by atoms with Crippen LogP contribution < -0.4 is 5.14 Å². The number of hydrogen-bond donors (Lipinski definition) is 1. The minimum Gasteiger partial charge on any atom is -0.378 e. The Morgan fingerprint density at radius 1 is 1.30 bits per heavy atom. The third-order valence-corrected chi connectivity index (χ3v) is 4.49. The second-order valence-corrected chi connectivity index (χ2v) is 6.71. The predicted molar refractivity (Wildman–Crippen MR) is 70.8 cm³/mol. The number of carbonyl (C=O) groups excluding carboxylic acids is 1. The van der Waals surface area contributed by atoms with Crippen LogP contribution in [0.3, 0.4) is 0 Å². The van der Waals surface area contributed by atoms with Gasteiger partial charge in [-0.25, -0.2) is 13.6 Å². The molecule has 0 atom stereocenters. The summed E-state index contributed by atoms with van der Waals surface area (Å²) in [6.07, 6.45) is 3.39. The number of primary sulfonamides is 1. The fourth-order valence-electron chi connectivity index (χ4n) is 2.36. The van der Waals surface area contributed by atoms with E-state index in [9.17, 15) is 13.2 Å². The molecule has 3 rings (SSSR count). The van der Waals surface area contributed by atoms with Crippen molar-refractivity contribution in [2.75, 3.05) is 26.3 Å². The van der Waals surface area contributed by atoms with E-state index < -0.39 is 10.0 Å². The smallest absolute Gasteiger partial charge is 0.270 e. The topological polar surface area (TPSA) is 94.6 Å². The second kappa shape index (κ2) is 4.87. The molecule has 2 N–H and O–H groups in total. The maximum absolute atomic E-state index is 12.5. The van der Waals surface area contributed by atoms with E-state index in [-0.39, 0.29) is 16.8 Å². The third kappa shape index (κ3) is 2.58. The maximum Gasteiger partial charge on any atom is 0.270 e. The Morgan fingerprint density at radius 2 is 1.95 bits per heavy atom. The van der Waals surface area contributed by atoms with Crippen molar-refractivity contribution < 1.29 is 17.9 Å². The lowest BCUT2D eigenvalue weighted by atomic mass is 10.3. The fraction of sp³-hybridized carbons (Fsp3) is 0.583. The van der Waals surface area contributed by atoms with E-state index in [1.165, 1.54) is 12.3 Å². The molecule has 2 heterocycles. The molecule has 1 aromatic rings. The summed E-state index contributed by atoms with van der Waals surface area (Å²) in [4.78, 5) is 14.2. The lowest BCUT2D eigenvalue weighted by Crippen LogP contribution is -2.41. The van der Waals surface area contributed by atoms with Gasteiger partial charge in [-0.15, -0.1) is 0 Å². The molecule has 0 bridgehead atoms. The highest BCUT2D eigenvalue weighted by molar-refractivity contribution is 7.89. The van der Waals surface area contributed by atoms with E-state index in [0.717, 1.165) is 12.8 Å². The molecule has 110 valence electrons. The van der Waals surface area contributed by atoms with E-state index in [1.807, 2.05) is 0 Å². The number of rotatable bonds is 3. The summed E-state index contributed by atoms with van der Waals surface area (Å²) in [5, 5.41) is 5.15. The van der Waals surface area contributed by atoms with Crippen LogP contribution >= 0.6 is 0 Å². The van der Waals surface area contributed by atoms with E-state index >= 15 is 0 Å². The third-order valence-electron chi connectivity index (χ3n) is 3.61. The quantitative estimate of drug-likeness (QED) is 0.846. The number of carbonyl (C=O) groups is 1. The molecule has 1 aliphatic heterocycles. The molecule has 2 aliphatic rings. The fourth-order valence-corrected chi connectivity index (χ4v) is 2.90. The lowest BCUT2D eigenvalue weighted by Gasteiger charge is -2.27. The Hall–Kier alpha value is -1.38. The first kappa shape index (κ1) is 13.6. The van der Waals surface area contributed by atoms with Gasteiger partial charge in [0, 0.05) is 25.3 Å². The van der Waals surface area contributed by atoms with Crippen LogP contribution in [0.15, 0.2) is 17.2 Å². The molecule has 20 heavy (non-hydrogen) atoms. The van der Waals surface area contributed by atoms with E-state index in [1.54, 1.807) is 9.47 Å². The zero-order chi connectivity index (χ0) is 14.3. The molecule has 1 aromatic heterocycles. The molecule has 1 saturated heterocycles. The van der Waals surface area contributed by atoms with Crippen LogP contribution in [0.2, 0.25) is 0 Å². The molecule has 1 aliphatic carbocycles. The van der Waals surface area contributed by atoms with Crippen LogP contribution in [0.4, 0.5) is 0 Å². The molecule has 0 aromatic carbocycles. The van der Waals surface area contributed by atoms with Crippen LogP contribution in [0.25, 0.3) is 0 Å². The molecule has 0 radical (unpaired) electrons. The number of hydrogen-bond acceptors (Lipinski definition) is 4. The Labute approximate surface area is 117 Å². The van der Waals surface area contributed by atoms with Gasteiger partial charge in [-0.3, -0.25) is 4.79 Å². The number of sulfonamides is 1. The van der Waals surface area contributed by atoms with Crippen molar-refractivity contribution in [3.8, 4) is 0 Å². The van der Waals surface area contributed by atoms with Gasteiger partial charge in [0.05, 0.1) is 13.2 Å². The highest BCUT2D eigenvalue weighted by Crippen LogP contribution is 2.37. The van der Waals surface area contributed by atoms with E-state index in [2.05, 4.69) is 0 Å². The normalized spacial score (nSPS) is 20.1. The van der Waals surface area contributed by atoms with E-state index in [0.29, 0.717) is 32.0 Å².